The molecule has 1 aromatic carbocycles. The number of carbonyl (C=O) groups is 1. The first-order valence-electron chi connectivity index (χ1n) is 12.0. The Kier molecular flexibility index (Phi) is 10.6. The zero-order chi connectivity index (χ0) is 28.9. The Hall–Kier alpha value is -2.42. The summed E-state index contributed by atoms with van der Waals surface area (Å²) in [4.78, 5) is 16.3. The van der Waals surface area contributed by atoms with Crippen molar-refractivity contribution in [3.63, 3.8) is 0 Å². The molecule has 2 aliphatic rings. The number of hydrogen-bond acceptors (Lipinski definition) is 5. The molecule has 1 atom stereocenters. The molecule has 2 fully saturated rings. The van der Waals surface area contributed by atoms with Crippen LogP contribution in [0.1, 0.15) is 31.4 Å². The fraction of sp³-hybridized carbons (Fsp3) is 0.696. The average molecular weight is 567 g/mol. The van der Waals surface area contributed by atoms with Gasteiger partial charge in [0.1, 0.15) is 0 Å². The molecule has 2 saturated heterocycles. The lowest BCUT2D eigenvalue weighted by Crippen LogP contribution is -2.52. The van der Waals surface area contributed by atoms with Gasteiger partial charge in [-0.3, -0.25) is 4.90 Å². The first-order chi connectivity index (χ1) is 17.6. The van der Waals surface area contributed by atoms with Gasteiger partial charge in [0.15, 0.2) is 0 Å². The highest BCUT2D eigenvalue weighted by Gasteiger charge is 2.60. The minimum atomic E-state index is -5.81. The van der Waals surface area contributed by atoms with Gasteiger partial charge in [-0.25, -0.2) is 4.79 Å². The molecule has 0 spiro atoms. The van der Waals surface area contributed by atoms with E-state index in [0.29, 0.717) is 24.3 Å². The van der Waals surface area contributed by atoms with Crippen molar-refractivity contribution in [1.82, 2.24) is 15.1 Å². The number of rotatable bonds is 5. The zero-order valence-corrected chi connectivity index (χ0v) is 21.1. The number of benzene rings is 1. The van der Waals surface area contributed by atoms with Crippen molar-refractivity contribution < 1.29 is 49.0 Å². The highest BCUT2D eigenvalue weighted by molar-refractivity contribution is 5.68. The van der Waals surface area contributed by atoms with Crippen molar-refractivity contribution in [2.75, 3.05) is 51.2 Å². The number of ether oxygens (including phenoxy) is 1. The smallest absolute Gasteiger partial charge is 0.426 e. The highest BCUT2D eigenvalue weighted by atomic mass is 19.4. The Bertz CT molecular complexity index is 900. The third-order valence-corrected chi connectivity index (χ3v) is 6.19. The lowest BCUT2D eigenvalue weighted by molar-refractivity contribution is -0.308. The minimum Gasteiger partial charge on any atom is -0.426 e. The Morgan fingerprint density at radius 1 is 0.974 bits per heavy atom. The molecule has 3 rings (SSSR count). The Morgan fingerprint density at radius 2 is 1.55 bits per heavy atom. The number of nitrogens with zero attached hydrogens (tertiary/aromatic N) is 3. The maximum Gasteiger partial charge on any atom is 0.434 e. The number of hydrogen-bond donors (Lipinski definition) is 1. The fourth-order valence-corrected chi connectivity index (χ4v) is 4.21. The predicted octanol–water partition coefficient (Wildman–Crippen LogP) is 5.28. The number of anilines is 1. The second-order valence-electron chi connectivity index (χ2n) is 8.67. The molecule has 2 aliphatic heterocycles. The van der Waals surface area contributed by atoms with Crippen LogP contribution in [0.15, 0.2) is 18.2 Å². The largest absolute Gasteiger partial charge is 0.434 e. The van der Waals surface area contributed by atoms with Gasteiger partial charge in [0.25, 0.3) is 6.10 Å². The standard InChI is InChI=1S/C21H25F9N4O2.C2H6/c1-31-15-4-5-34(12-15)16-10-14(19(22,23)24)3-2-13(16)11-32-6-8-33(9-7-32)18(35)36-17(20(25,26)27)21(28,29)30;1-2/h2-3,10,15,17,31H,4-9,11-12H2,1H3;1-2H3. The SMILES string of the molecule is CC.CNC1CCN(c2cc(C(F)(F)F)ccc2CN2CCN(C(=O)OC(C(F)(F)F)C(F)(F)F)CC2)C1. The topological polar surface area (TPSA) is 48.0 Å². The molecule has 15 heteroatoms. The van der Waals surface area contributed by atoms with E-state index in [1.165, 1.54) is 6.07 Å². The van der Waals surface area contributed by atoms with E-state index in [1.54, 1.807) is 11.9 Å². The summed E-state index contributed by atoms with van der Waals surface area (Å²) in [5.74, 6) is 0. The lowest BCUT2D eigenvalue weighted by atomic mass is 10.1. The van der Waals surface area contributed by atoms with Gasteiger partial charge in [-0.2, -0.15) is 39.5 Å². The van der Waals surface area contributed by atoms with Crippen LogP contribution in [0.4, 0.5) is 50.0 Å². The van der Waals surface area contributed by atoms with E-state index in [9.17, 15) is 44.3 Å². The van der Waals surface area contributed by atoms with E-state index in [1.807, 2.05) is 18.7 Å². The van der Waals surface area contributed by atoms with Gasteiger partial charge < -0.3 is 19.9 Å². The van der Waals surface area contributed by atoms with Crippen molar-refractivity contribution >= 4 is 11.8 Å². The summed E-state index contributed by atoms with van der Waals surface area (Å²) >= 11 is 0. The van der Waals surface area contributed by atoms with Crippen molar-refractivity contribution in [1.29, 1.82) is 0 Å². The molecule has 0 aliphatic carbocycles. The molecule has 0 bridgehead atoms. The van der Waals surface area contributed by atoms with Gasteiger partial charge in [-0.15, -0.1) is 0 Å². The molecular weight excluding hydrogens is 535 g/mol. The maximum absolute atomic E-state index is 13.3. The van der Waals surface area contributed by atoms with Gasteiger partial charge >= 0.3 is 24.6 Å². The van der Waals surface area contributed by atoms with Crippen LogP contribution in [-0.4, -0.2) is 86.7 Å². The van der Waals surface area contributed by atoms with E-state index < -0.39 is 36.3 Å². The minimum absolute atomic E-state index is 0.0808. The molecule has 1 N–H and O–H groups in total. The van der Waals surface area contributed by atoms with Crippen LogP contribution in [-0.2, 0) is 17.5 Å². The summed E-state index contributed by atoms with van der Waals surface area (Å²) in [7, 11) is 1.76. The van der Waals surface area contributed by atoms with Crippen LogP contribution < -0.4 is 10.2 Å². The second kappa shape index (κ2) is 12.6. The normalized spacial score (nSPS) is 19.4. The summed E-state index contributed by atoms with van der Waals surface area (Å²) in [5.41, 5.74) is 0.193. The molecule has 2 heterocycles. The van der Waals surface area contributed by atoms with Crippen molar-refractivity contribution in [2.24, 2.45) is 0 Å². The molecule has 218 valence electrons. The Morgan fingerprint density at radius 3 is 2.03 bits per heavy atom. The van der Waals surface area contributed by atoms with Gasteiger partial charge in [-0.1, -0.05) is 19.9 Å². The Balaban J connectivity index is 0.00000247. The number of carbonyl (C=O) groups excluding carboxylic acids is 1. The maximum atomic E-state index is 13.3. The lowest BCUT2D eigenvalue weighted by Gasteiger charge is -2.36. The molecule has 38 heavy (non-hydrogen) atoms. The van der Waals surface area contributed by atoms with Gasteiger partial charge in [0.2, 0.25) is 0 Å². The quantitative estimate of drug-likeness (QED) is 0.492. The highest BCUT2D eigenvalue weighted by Crippen LogP contribution is 2.37. The molecular formula is C23H31F9N4O2. The van der Waals surface area contributed by atoms with Gasteiger partial charge in [-0.05, 0) is 31.2 Å². The molecule has 1 aromatic rings. The molecule has 0 radical (unpaired) electrons. The van der Waals surface area contributed by atoms with E-state index in [4.69, 9.17) is 0 Å². The van der Waals surface area contributed by atoms with Crippen LogP contribution in [0.5, 0.6) is 0 Å². The van der Waals surface area contributed by atoms with Crippen LogP contribution in [0.2, 0.25) is 0 Å². The van der Waals surface area contributed by atoms with Crippen LogP contribution >= 0.6 is 0 Å². The third-order valence-electron chi connectivity index (χ3n) is 6.19. The molecule has 0 aromatic heterocycles. The van der Waals surface area contributed by atoms with Crippen molar-refractivity contribution in [3.05, 3.63) is 29.3 Å². The number of amides is 1. The second-order valence-corrected chi connectivity index (χ2v) is 8.67. The molecule has 0 saturated carbocycles. The zero-order valence-electron chi connectivity index (χ0n) is 21.1. The number of piperazine rings is 1. The van der Waals surface area contributed by atoms with Crippen LogP contribution in [0, 0.1) is 0 Å². The number of halogens is 9. The summed E-state index contributed by atoms with van der Waals surface area (Å²) in [6.45, 7) is 4.98. The molecule has 1 unspecified atom stereocenters. The van der Waals surface area contributed by atoms with Crippen LogP contribution in [0.3, 0.4) is 0 Å². The molecule has 1 amide bonds. The van der Waals surface area contributed by atoms with Crippen molar-refractivity contribution in [2.45, 2.75) is 57.5 Å². The first kappa shape index (κ1) is 31.8. The summed E-state index contributed by atoms with van der Waals surface area (Å²) in [6.07, 6.45) is -21.4. The average Bonchev–Trinajstić information content (AvgIpc) is 3.31. The van der Waals surface area contributed by atoms with Gasteiger partial charge in [0.05, 0.1) is 5.56 Å². The van der Waals surface area contributed by atoms with E-state index >= 15 is 0 Å². The third kappa shape index (κ3) is 8.29. The predicted molar refractivity (Wildman–Crippen MR) is 122 cm³/mol. The monoisotopic (exact) mass is 566 g/mol. The molecule has 6 nitrogen and oxygen atoms in total. The van der Waals surface area contributed by atoms with E-state index in [-0.39, 0.29) is 38.8 Å². The van der Waals surface area contributed by atoms with E-state index in [2.05, 4.69) is 10.1 Å². The van der Waals surface area contributed by atoms with Crippen LogP contribution in [0.25, 0.3) is 0 Å². The van der Waals surface area contributed by atoms with Crippen molar-refractivity contribution in [3.8, 4) is 0 Å². The van der Waals surface area contributed by atoms with E-state index in [0.717, 1.165) is 23.5 Å². The number of nitrogens with one attached hydrogen (secondary N) is 1. The fourth-order valence-electron chi connectivity index (χ4n) is 4.21. The summed E-state index contributed by atoms with van der Waals surface area (Å²) < 4.78 is 120. The number of likely N-dealkylation sites (N-methyl/N-ethyl adjacent to an activating group) is 1. The Labute approximate surface area is 214 Å². The summed E-state index contributed by atoms with van der Waals surface area (Å²) in [6, 6.07) is 3.52. The summed E-state index contributed by atoms with van der Waals surface area (Å²) in [5, 5.41) is 3.09. The number of alkyl halides is 9. The first-order valence-corrected chi connectivity index (χ1v) is 12.0. The van der Waals surface area contributed by atoms with Gasteiger partial charge in [0, 0.05) is 57.5 Å².